The van der Waals surface area contributed by atoms with Crippen molar-refractivity contribution in [1.82, 2.24) is 15.5 Å². The molecule has 4 nitrogen and oxygen atoms in total. The minimum atomic E-state index is -0.187. The van der Waals surface area contributed by atoms with E-state index in [0.717, 1.165) is 13.1 Å². The molecule has 1 saturated heterocycles. The molecule has 2 N–H and O–H groups in total. The number of nitrogens with one attached hydrogen (secondary N) is 2. The summed E-state index contributed by atoms with van der Waals surface area (Å²) in [7, 11) is 1.74. The van der Waals surface area contributed by atoms with Crippen LogP contribution in [0.3, 0.4) is 0 Å². The standard InChI is InChI=1S/C17H27FN4/c1-14-7-5-6-11-22(14)12-10-20-17(19-2)21-13-15-8-3-4-9-16(15)18/h3-4,8-9,14H,5-7,10-13H2,1-2H3,(H2,19,20,21). The molecular weight excluding hydrogens is 279 g/mol. The maximum absolute atomic E-state index is 13.6. The van der Waals surface area contributed by atoms with Crippen molar-refractivity contribution in [2.75, 3.05) is 26.7 Å². The lowest BCUT2D eigenvalue weighted by molar-refractivity contribution is 0.163. The monoisotopic (exact) mass is 306 g/mol. The number of aliphatic imine (C=N–C) groups is 1. The Morgan fingerprint density at radius 2 is 2.14 bits per heavy atom. The van der Waals surface area contributed by atoms with E-state index in [1.807, 2.05) is 6.07 Å². The van der Waals surface area contributed by atoms with Crippen molar-refractivity contribution in [2.24, 2.45) is 4.99 Å². The van der Waals surface area contributed by atoms with Crippen molar-refractivity contribution >= 4 is 5.96 Å². The van der Waals surface area contributed by atoms with Crippen LogP contribution in [0.25, 0.3) is 0 Å². The number of hydrogen-bond acceptors (Lipinski definition) is 2. The minimum Gasteiger partial charge on any atom is -0.355 e. The SMILES string of the molecule is CN=C(NCCN1CCCCC1C)NCc1ccccc1F. The van der Waals surface area contributed by atoms with Gasteiger partial charge in [0.25, 0.3) is 0 Å². The molecule has 1 aliphatic heterocycles. The van der Waals surface area contributed by atoms with Crippen LogP contribution in [-0.4, -0.2) is 43.6 Å². The van der Waals surface area contributed by atoms with Gasteiger partial charge in [0, 0.05) is 38.3 Å². The van der Waals surface area contributed by atoms with Gasteiger partial charge < -0.3 is 10.6 Å². The van der Waals surface area contributed by atoms with Gasteiger partial charge in [0.15, 0.2) is 5.96 Å². The van der Waals surface area contributed by atoms with Gasteiger partial charge in [-0.2, -0.15) is 0 Å². The molecule has 1 atom stereocenters. The first-order chi connectivity index (χ1) is 10.7. The summed E-state index contributed by atoms with van der Waals surface area (Å²) in [6, 6.07) is 7.47. The molecule has 1 aromatic carbocycles. The molecule has 0 aliphatic carbocycles. The number of halogens is 1. The van der Waals surface area contributed by atoms with E-state index in [-0.39, 0.29) is 5.82 Å². The summed E-state index contributed by atoms with van der Waals surface area (Å²) in [6.45, 7) is 5.78. The van der Waals surface area contributed by atoms with E-state index in [4.69, 9.17) is 0 Å². The second-order valence-electron chi connectivity index (χ2n) is 5.82. The number of rotatable bonds is 5. The first kappa shape index (κ1) is 16.7. The number of guanidine groups is 1. The quantitative estimate of drug-likeness (QED) is 0.648. The van der Waals surface area contributed by atoms with Crippen LogP contribution >= 0.6 is 0 Å². The maximum Gasteiger partial charge on any atom is 0.191 e. The van der Waals surface area contributed by atoms with Gasteiger partial charge in [0.1, 0.15) is 5.82 Å². The van der Waals surface area contributed by atoms with Crippen LogP contribution < -0.4 is 10.6 Å². The topological polar surface area (TPSA) is 39.7 Å². The summed E-state index contributed by atoms with van der Waals surface area (Å²) in [5.74, 6) is 0.528. The molecule has 2 rings (SSSR count). The smallest absolute Gasteiger partial charge is 0.191 e. The zero-order chi connectivity index (χ0) is 15.8. The van der Waals surface area contributed by atoms with E-state index in [9.17, 15) is 4.39 Å². The normalized spacial score (nSPS) is 20.0. The summed E-state index contributed by atoms with van der Waals surface area (Å²) < 4.78 is 13.6. The first-order valence-electron chi connectivity index (χ1n) is 8.12. The Bertz CT molecular complexity index is 489. The zero-order valence-electron chi connectivity index (χ0n) is 13.6. The zero-order valence-corrected chi connectivity index (χ0v) is 13.6. The summed E-state index contributed by atoms with van der Waals surface area (Å²) in [5.41, 5.74) is 0.648. The third kappa shape index (κ3) is 4.98. The van der Waals surface area contributed by atoms with Gasteiger partial charge in [0.05, 0.1) is 0 Å². The van der Waals surface area contributed by atoms with E-state index >= 15 is 0 Å². The van der Waals surface area contributed by atoms with Crippen LogP contribution in [0.4, 0.5) is 4.39 Å². The highest BCUT2D eigenvalue weighted by molar-refractivity contribution is 5.79. The fourth-order valence-corrected chi connectivity index (χ4v) is 2.85. The molecule has 0 amide bonds. The van der Waals surface area contributed by atoms with Crippen LogP contribution in [0.5, 0.6) is 0 Å². The molecule has 5 heteroatoms. The Labute approximate surface area is 132 Å². The Morgan fingerprint density at radius 3 is 2.86 bits per heavy atom. The highest BCUT2D eigenvalue weighted by Gasteiger charge is 2.17. The van der Waals surface area contributed by atoms with Crippen LogP contribution in [0.1, 0.15) is 31.7 Å². The molecule has 0 bridgehead atoms. The predicted molar refractivity (Wildman–Crippen MR) is 89.5 cm³/mol. The molecule has 1 heterocycles. The average Bonchev–Trinajstić information content (AvgIpc) is 2.54. The molecule has 1 unspecified atom stereocenters. The Morgan fingerprint density at radius 1 is 1.32 bits per heavy atom. The highest BCUT2D eigenvalue weighted by Crippen LogP contribution is 2.15. The summed E-state index contributed by atoms with van der Waals surface area (Å²) in [6.07, 6.45) is 3.93. The maximum atomic E-state index is 13.6. The van der Waals surface area contributed by atoms with Gasteiger partial charge in [-0.1, -0.05) is 24.6 Å². The van der Waals surface area contributed by atoms with Gasteiger partial charge in [-0.3, -0.25) is 9.89 Å². The van der Waals surface area contributed by atoms with Crippen molar-refractivity contribution in [3.63, 3.8) is 0 Å². The number of nitrogens with zero attached hydrogens (tertiary/aromatic N) is 2. The van der Waals surface area contributed by atoms with E-state index < -0.39 is 0 Å². The summed E-state index contributed by atoms with van der Waals surface area (Å²) in [5, 5.41) is 6.46. The van der Waals surface area contributed by atoms with Gasteiger partial charge in [-0.25, -0.2) is 4.39 Å². The first-order valence-corrected chi connectivity index (χ1v) is 8.12. The summed E-state index contributed by atoms with van der Waals surface area (Å²) >= 11 is 0. The molecular formula is C17H27FN4. The van der Waals surface area contributed by atoms with Crippen LogP contribution in [-0.2, 0) is 6.54 Å². The molecule has 1 fully saturated rings. The molecule has 0 radical (unpaired) electrons. The van der Waals surface area contributed by atoms with Crippen molar-refractivity contribution < 1.29 is 4.39 Å². The van der Waals surface area contributed by atoms with Crippen LogP contribution in [0.2, 0.25) is 0 Å². The lowest BCUT2D eigenvalue weighted by atomic mass is 10.0. The molecule has 1 aliphatic rings. The minimum absolute atomic E-state index is 0.187. The largest absolute Gasteiger partial charge is 0.355 e. The molecule has 1 aromatic rings. The molecule has 122 valence electrons. The van der Waals surface area contributed by atoms with Gasteiger partial charge in [-0.15, -0.1) is 0 Å². The molecule has 22 heavy (non-hydrogen) atoms. The number of piperidine rings is 1. The van der Waals surface area contributed by atoms with Crippen LogP contribution in [0.15, 0.2) is 29.3 Å². The summed E-state index contributed by atoms with van der Waals surface area (Å²) in [4.78, 5) is 6.70. The average molecular weight is 306 g/mol. The fourth-order valence-electron chi connectivity index (χ4n) is 2.85. The molecule has 0 aromatic heterocycles. The van der Waals surface area contributed by atoms with Crippen molar-refractivity contribution in [1.29, 1.82) is 0 Å². The van der Waals surface area contributed by atoms with E-state index in [1.165, 1.54) is 31.9 Å². The van der Waals surface area contributed by atoms with Gasteiger partial charge in [0.2, 0.25) is 0 Å². The van der Waals surface area contributed by atoms with Crippen molar-refractivity contribution in [3.8, 4) is 0 Å². The lowest BCUT2D eigenvalue weighted by Crippen LogP contribution is -2.45. The van der Waals surface area contributed by atoms with E-state index in [2.05, 4.69) is 27.4 Å². The number of benzene rings is 1. The second kappa shape index (κ2) is 8.73. The van der Waals surface area contributed by atoms with E-state index in [1.54, 1.807) is 19.2 Å². The third-order valence-corrected chi connectivity index (χ3v) is 4.26. The Kier molecular flexibility index (Phi) is 6.65. The molecule has 0 spiro atoms. The molecule has 0 saturated carbocycles. The Hall–Kier alpha value is -1.62. The number of hydrogen-bond donors (Lipinski definition) is 2. The third-order valence-electron chi connectivity index (χ3n) is 4.26. The number of likely N-dealkylation sites (tertiary alicyclic amines) is 1. The van der Waals surface area contributed by atoms with Gasteiger partial charge >= 0.3 is 0 Å². The predicted octanol–water partition coefficient (Wildman–Crippen LogP) is 2.37. The fraction of sp³-hybridized carbons (Fsp3) is 0.588. The van der Waals surface area contributed by atoms with Crippen molar-refractivity contribution in [2.45, 2.75) is 38.8 Å². The van der Waals surface area contributed by atoms with E-state index in [0.29, 0.717) is 24.1 Å². The van der Waals surface area contributed by atoms with Crippen LogP contribution in [0, 0.1) is 5.82 Å². The van der Waals surface area contributed by atoms with Gasteiger partial charge in [-0.05, 0) is 32.4 Å². The highest BCUT2D eigenvalue weighted by atomic mass is 19.1. The Balaban J connectivity index is 1.72. The van der Waals surface area contributed by atoms with Crippen molar-refractivity contribution in [3.05, 3.63) is 35.6 Å². The lowest BCUT2D eigenvalue weighted by Gasteiger charge is -2.33. The second-order valence-corrected chi connectivity index (χ2v) is 5.82.